The average Bonchev–Trinajstić information content (AvgIpc) is 2.67. The molecule has 0 aromatic carbocycles. The summed E-state index contributed by atoms with van der Waals surface area (Å²) in [6.45, 7) is 7.68. The van der Waals surface area contributed by atoms with Crippen LogP contribution in [0.25, 0.3) is 0 Å². The Morgan fingerprint density at radius 1 is 1.28 bits per heavy atom. The van der Waals surface area contributed by atoms with E-state index in [1.54, 1.807) is 0 Å². The largest absolute Gasteiger partial charge is 0.371 e. The maximum Gasteiger partial charge on any atom is 0.0708 e. The Balaban J connectivity index is 1.84. The minimum Gasteiger partial charge on any atom is -0.371 e. The normalized spacial score (nSPS) is 40.0. The number of ether oxygens (including phenoxy) is 1. The van der Waals surface area contributed by atoms with Crippen molar-refractivity contribution in [3.8, 4) is 0 Å². The van der Waals surface area contributed by atoms with Crippen molar-refractivity contribution in [2.45, 2.75) is 76.5 Å². The van der Waals surface area contributed by atoms with Gasteiger partial charge < -0.3 is 10.1 Å². The van der Waals surface area contributed by atoms with Crippen LogP contribution in [0.4, 0.5) is 0 Å². The zero-order valence-corrected chi connectivity index (χ0v) is 12.9. The Hall–Kier alpha value is 0.210. The fourth-order valence-electron chi connectivity index (χ4n) is 3.54. The van der Waals surface area contributed by atoms with Crippen LogP contribution >= 0.6 is 11.6 Å². The molecule has 1 N–H and O–H groups in total. The standard InChI is InChI=1S/C15H28ClNO/c1-12-5-4-7-15(9-12,11-16)17-10-13-6-8-14(2,3)18-13/h12-13,17H,4-11H2,1-3H3. The van der Waals surface area contributed by atoms with Crippen molar-refractivity contribution in [3.05, 3.63) is 0 Å². The molecule has 0 radical (unpaired) electrons. The molecule has 3 heteroatoms. The van der Waals surface area contributed by atoms with Crippen molar-refractivity contribution in [3.63, 3.8) is 0 Å². The molecule has 3 unspecified atom stereocenters. The Labute approximate surface area is 117 Å². The van der Waals surface area contributed by atoms with E-state index in [4.69, 9.17) is 16.3 Å². The van der Waals surface area contributed by atoms with E-state index in [0.717, 1.165) is 18.3 Å². The number of rotatable bonds is 4. The lowest BCUT2D eigenvalue weighted by Crippen LogP contribution is -2.52. The molecule has 3 atom stereocenters. The van der Waals surface area contributed by atoms with Crippen LogP contribution in [0.1, 0.15) is 59.3 Å². The van der Waals surface area contributed by atoms with Crippen LogP contribution in [0.15, 0.2) is 0 Å². The summed E-state index contributed by atoms with van der Waals surface area (Å²) < 4.78 is 6.05. The van der Waals surface area contributed by atoms with Crippen molar-refractivity contribution < 1.29 is 4.74 Å². The van der Waals surface area contributed by atoms with Crippen LogP contribution in [0.3, 0.4) is 0 Å². The number of hydrogen-bond donors (Lipinski definition) is 1. The van der Waals surface area contributed by atoms with E-state index in [1.165, 1.54) is 38.5 Å². The Kier molecular flexibility index (Phi) is 4.61. The summed E-state index contributed by atoms with van der Waals surface area (Å²) in [6, 6.07) is 0. The van der Waals surface area contributed by atoms with E-state index in [9.17, 15) is 0 Å². The van der Waals surface area contributed by atoms with Gasteiger partial charge in [-0.25, -0.2) is 0 Å². The van der Waals surface area contributed by atoms with E-state index in [2.05, 4.69) is 26.1 Å². The second kappa shape index (κ2) is 5.68. The fraction of sp³-hybridized carbons (Fsp3) is 1.00. The first-order valence-electron chi connectivity index (χ1n) is 7.44. The molecule has 0 aromatic heterocycles. The maximum absolute atomic E-state index is 6.24. The molecular weight excluding hydrogens is 246 g/mol. The summed E-state index contributed by atoms with van der Waals surface area (Å²) in [5.41, 5.74) is 0.232. The number of halogens is 1. The van der Waals surface area contributed by atoms with Crippen LogP contribution in [0.2, 0.25) is 0 Å². The third kappa shape index (κ3) is 3.61. The van der Waals surface area contributed by atoms with Crippen molar-refractivity contribution in [2.24, 2.45) is 5.92 Å². The molecule has 1 aliphatic heterocycles. The quantitative estimate of drug-likeness (QED) is 0.789. The van der Waals surface area contributed by atoms with Gasteiger partial charge in [0.2, 0.25) is 0 Å². The molecule has 1 aliphatic carbocycles. The van der Waals surface area contributed by atoms with Crippen LogP contribution < -0.4 is 5.32 Å². The van der Waals surface area contributed by atoms with Gasteiger partial charge in [-0.1, -0.05) is 19.8 Å². The van der Waals surface area contributed by atoms with Gasteiger partial charge in [0.05, 0.1) is 11.7 Å². The zero-order valence-electron chi connectivity index (χ0n) is 12.1. The van der Waals surface area contributed by atoms with Crippen molar-refractivity contribution in [1.29, 1.82) is 0 Å². The lowest BCUT2D eigenvalue weighted by Gasteiger charge is -2.40. The maximum atomic E-state index is 6.24. The fourth-order valence-corrected chi connectivity index (χ4v) is 3.88. The van der Waals surface area contributed by atoms with Gasteiger partial charge in [0, 0.05) is 18.0 Å². The third-order valence-electron chi connectivity index (χ3n) is 4.61. The SMILES string of the molecule is CC1CCCC(CCl)(NCC2CCC(C)(C)O2)C1. The Morgan fingerprint density at radius 3 is 2.61 bits per heavy atom. The zero-order chi connectivity index (χ0) is 13.2. The highest BCUT2D eigenvalue weighted by atomic mass is 35.5. The van der Waals surface area contributed by atoms with E-state index in [0.29, 0.717) is 6.10 Å². The lowest BCUT2D eigenvalue weighted by atomic mass is 9.77. The highest BCUT2D eigenvalue weighted by molar-refractivity contribution is 6.18. The van der Waals surface area contributed by atoms with E-state index >= 15 is 0 Å². The summed E-state index contributed by atoms with van der Waals surface area (Å²) in [5, 5.41) is 3.74. The van der Waals surface area contributed by atoms with Gasteiger partial charge in [-0.2, -0.15) is 0 Å². The third-order valence-corrected chi connectivity index (χ3v) is 5.12. The molecule has 2 nitrogen and oxygen atoms in total. The van der Waals surface area contributed by atoms with E-state index < -0.39 is 0 Å². The molecular formula is C15H28ClNO. The molecule has 0 spiro atoms. The molecule has 0 aromatic rings. The summed E-state index contributed by atoms with van der Waals surface area (Å²) in [7, 11) is 0. The Morgan fingerprint density at radius 2 is 2.06 bits per heavy atom. The first-order chi connectivity index (χ1) is 8.45. The predicted molar refractivity (Wildman–Crippen MR) is 77.3 cm³/mol. The lowest BCUT2D eigenvalue weighted by molar-refractivity contribution is -0.0181. The van der Waals surface area contributed by atoms with Crippen LogP contribution in [0.5, 0.6) is 0 Å². The molecule has 1 saturated heterocycles. The molecule has 106 valence electrons. The molecule has 0 bridgehead atoms. The summed E-state index contributed by atoms with van der Waals surface area (Å²) in [6.07, 6.45) is 7.81. The predicted octanol–water partition coefficient (Wildman–Crippen LogP) is 3.72. The molecule has 1 heterocycles. The van der Waals surface area contributed by atoms with Gasteiger partial charge in [0.1, 0.15) is 0 Å². The van der Waals surface area contributed by atoms with Crippen LogP contribution in [0, 0.1) is 5.92 Å². The summed E-state index contributed by atoms with van der Waals surface area (Å²) in [4.78, 5) is 0. The molecule has 0 amide bonds. The number of nitrogens with one attached hydrogen (secondary N) is 1. The minimum atomic E-state index is 0.0698. The minimum absolute atomic E-state index is 0.0698. The average molecular weight is 274 g/mol. The Bertz CT molecular complexity index is 282. The summed E-state index contributed by atoms with van der Waals surface area (Å²) in [5.74, 6) is 1.53. The topological polar surface area (TPSA) is 21.3 Å². The highest BCUT2D eigenvalue weighted by Gasteiger charge is 2.36. The van der Waals surface area contributed by atoms with Gasteiger partial charge >= 0.3 is 0 Å². The first kappa shape index (κ1) is 14.6. The van der Waals surface area contributed by atoms with E-state index in [1.807, 2.05) is 0 Å². The van der Waals surface area contributed by atoms with Gasteiger partial charge in [-0.15, -0.1) is 11.6 Å². The van der Waals surface area contributed by atoms with Crippen molar-refractivity contribution in [2.75, 3.05) is 12.4 Å². The summed E-state index contributed by atoms with van der Waals surface area (Å²) >= 11 is 6.24. The van der Waals surface area contributed by atoms with Crippen molar-refractivity contribution in [1.82, 2.24) is 5.32 Å². The van der Waals surface area contributed by atoms with Crippen LogP contribution in [-0.4, -0.2) is 29.7 Å². The van der Waals surface area contributed by atoms with Gasteiger partial charge in [-0.05, 0) is 45.4 Å². The molecule has 2 fully saturated rings. The van der Waals surface area contributed by atoms with Crippen LogP contribution in [-0.2, 0) is 4.74 Å². The molecule has 1 saturated carbocycles. The first-order valence-corrected chi connectivity index (χ1v) is 7.97. The second-order valence-electron chi connectivity index (χ2n) is 7.03. The molecule has 18 heavy (non-hydrogen) atoms. The monoisotopic (exact) mass is 273 g/mol. The number of hydrogen-bond acceptors (Lipinski definition) is 2. The van der Waals surface area contributed by atoms with Crippen molar-refractivity contribution >= 4 is 11.6 Å². The molecule has 2 rings (SSSR count). The van der Waals surface area contributed by atoms with E-state index in [-0.39, 0.29) is 11.1 Å². The highest BCUT2D eigenvalue weighted by Crippen LogP contribution is 2.34. The van der Waals surface area contributed by atoms with Gasteiger partial charge in [0.25, 0.3) is 0 Å². The molecule has 2 aliphatic rings. The smallest absolute Gasteiger partial charge is 0.0708 e. The number of alkyl halides is 1. The van der Waals surface area contributed by atoms with Gasteiger partial charge in [-0.3, -0.25) is 0 Å². The van der Waals surface area contributed by atoms with Gasteiger partial charge in [0.15, 0.2) is 0 Å². The second-order valence-corrected chi connectivity index (χ2v) is 7.30.